The van der Waals surface area contributed by atoms with Gasteiger partial charge in [0.05, 0.1) is 24.8 Å². The van der Waals surface area contributed by atoms with E-state index < -0.39 is 11.9 Å². The fraction of sp³-hybridized carbons (Fsp3) is 0.263. The summed E-state index contributed by atoms with van der Waals surface area (Å²) in [7, 11) is 1.32. The number of esters is 2. The number of benzene rings is 2. The second-order valence-electron chi connectivity index (χ2n) is 5.12. The van der Waals surface area contributed by atoms with E-state index in [1.165, 1.54) is 7.11 Å². The van der Waals surface area contributed by atoms with E-state index in [2.05, 4.69) is 16.6 Å². The highest BCUT2D eigenvalue weighted by atomic mass is 16.5. The number of ether oxygens (including phenoxy) is 2. The molecule has 0 atom stereocenters. The van der Waals surface area contributed by atoms with Crippen molar-refractivity contribution in [3.05, 3.63) is 65.7 Å². The minimum atomic E-state index is -0.434. The van der Waals surface area contributed by atoms with E-state index in [1.807, 2.05) is 30.3 Å². The first-order valence-electron chi connectivity index (χ1n) is 7.81. The van der Waals surface area contributed by atoms with Gasteiger partial charge in [0.2, 0.25) is 0 Å². The lowest BCUT2D eigenvalue weighted by Gasteiger charge is -2.22. The van der Waals surface area contributed by atoms with Crippen LogP contribution in [0, 0.1) is 0 Å². The Bertz CT molecular complexity index is 668. The highest BCUT2D eigenvalue weighted by Crippen LogP contribution is 2.12. The number of carbonyl (C=O) groups is 2. The van der Waals surface area contributed by atoms with Crippen molar-refractivity contribution in [1.82, 2.24) is 0 Å². The highest BCUT2D eigenvalue weighted by molar-refractivity contribution is 5.93. The molecule has 126 valence electrons. The summed E-state index contributed by atoms with van der Waals surface area (Å²) in [6.07, 6.45) is 0. The van der Waals surface area contributed by atoms with Crippen LogP contribution in [0.2, 0.25) is 0 Å². The van der Waals surface area contributed by atoms with Gasteiger partial charge in [-0.25, -0.2) is 9.59 Å². The Hall–Kier alpha value is -2.82. The standard InChI is InChI=1S/C19H21NO4/c1-3-20(17-7-5-4-6-8-17)13-14-24-19(22)16-11-9-15(10-12-16)18(21)23-2/h4-12H,3,13-14H2,1-2H3. The molecule has 0 radical (unpaired) electrons. The van der Waals surface area contributed by atoms with E-state index in [9.17, 15) is 9.59 Å². The number of hydrogen-bond donors (Lipinski definition) is 0. The molecule has 0 amide bonds. The van der Waals surface area contributed by atoms with Gasteiger partial charge in [0.15, 0.2) is 0 Å². The van der Waals surface area contributed by atoms with Crippen LogP contribution in [0.4, 0.5) is 5.69 Å². The van der Waals surface area contributed by atoms with Gasteiger partial charge in [-0.05, 0) is 43.3 Å². The molecule has 0 N–H and O–H groups in total. The third kappa shape index (κ3) is 4.59. The Balaban J connectivity index is 1.87. The van der Waals surface area contributed by atoms with Crippen molar-refractivity contribution in [1.29, 1.82) is 0 Å². The van der Waals surface area contributed by atoms with Crippen molar-refractivity contribution in [3.63, 3.8) is 0 Å². The summed E-state index contributed by atoms with van der Waals surface area (Å²) in [6, 6.07) is 16.2. The van der Waals surface area contributed by atoms with Crippen LogP contribution in [-0.4, -0.2) is 38.7 Å². The summed E-state index contributed by atoms with van der Waals surface area (Å²) in [5, 5.41) is 0. The molecule has 5 nitrogen and oxygen atoms in total. The topological polar surface area (TPSA) is 55.8 Å². The molecule has 2 aromatic rings. The average molecular weight is 327 g/mol. The predicted octanol–water partition coefficient (Wildman–Crippen LogP) is 3.16. The lowest BCUT2D eigenvalue weighted by molar-refractivity contribution is 0.0513. The maximum atomic E-state index is 12.0. The molecule has 0 unspecified atom stereocenters. The Labute approximate surface area is 141 Å². The second-order valence-corrected chi connectivity index (χ2v) is 5.12. The summed E-state index contributed by atoms with van der Waals surface area (Å²) >= 11 is 0. The lowest BCUT2D eigenvalue weighted by atomic mass is 10.1. The van der Waals surface area contributed by atoms with Crippen molar-refractivity contribution >= 4 is 17.6 Å². The van der Waals surface area contributed by atoms with E-state index >= 15 is 0 Å². The molecule has 2 aromatic carbocycles. The normalized spacial score (nSPS) is 10.1. The largest absolute Gasteiger partial charge is 0.465 e. The fourth-order valence-corrected chi connectivity index (χ4v) is 2.30. The average Bonchev–Trinajstić information content (AvgIpc) is 2.65. The zero-order chi connectivity index (χ0) is 17.4. The molecule has 0 spiro atoms. The van der Waals surface area contributed by atoms with Crippen LogP contribution in [0.15, 0.2) is 54.6 Å². The van der Waals surface area contributed by atoms with Crippen LogP contribution in [0.5, 0.6) is 0 Å². The first-order chi connectivity index (χ1) is 11.7. The predicted molar refractivity (Wildman–Crippen MR) is 92.4 cm³/mol. The number of hydrogen-bond acceptors (Lipinski definition) is 5. The molecule has 0 aliphatic heterocycles. The van der Waals surface area contributed by atoms with Crippen molar-refractivity contribution in [3.8, 4) is 0 Å². The molecule has 24 heavy (non-hydrogen) atoms. The van der Waals surface area contributed by atoms with Crippen molar-refractivity contribution < 1.29 is 19.1 Å². The third-order valence-corrected chi connectivity index (χ3v) is 3.64. The minimum absolute atomic E-state index is 0.292. The molecule has 5 heteroatoms. The molecule has 0 aliphatic rings. The van der Waals surface area contributed by atoms with Gasteiger partial charge in [-0.15, -0.1) is 0 Å². The Kier molecular flexibility index (Phi) is 6.37. The summed E-state index contributed by atoms with van der Waals surface area (Å²) < 4.78 is 9.93. The molecular weight excluding hydrogens is 306 g/mol. The quantitative estimate of drug-likeness (QED) is 0.731. The van der Waals surface area contributed by atoms with Gasteiger partial charge in [-0.1, -0.05) is 18.2 Å². The number of likely N-dealkylation sites (N-methyl/N-ethyl adjacent to an activating group) is 1. The molecule has 0 aliphatic carbocycles. The van der Waals surface area contributed by atoms with E-state index in [1.54, 1.807) is 24.3 Å². The molecular formula is C19H21NO4. The zero-order valence-electron chi connectivity index (χ0n) is 13.9. The zero-order valence-corrected chi connectivity index (χ0v) is 13.9. The Morgan fingerprint density at radius 2 is 1.50 bits per heavy atom. The van der Waals surface area contributed by atoms with E-state index in [-0.39, 0.29) is 0 Å². The fourth-order valence-electron chi connectivity index (χ4n) is 2.30. The van der Waals surface area contributed by atoms with Crippen LogP contribution >= 0.6 is 0 Å². The van der Waals surface area contributed by atoms with Gasteiger partial charge in [-0.3, -0.25) is 0 Å². The smallest absolute Gasteiger partial charge is 0.338 e. The van der Waals surface area contributed by atoms with E-state index in [4.69, 9.17) is 4.74 Å². The number of nitrogens with zero attached hydrogens (tertiary/aromatic N) is 1. The first-order valence-corrected chi connectivity index (χ1v) is 7.81. The first kappa shape index (κ1) is 17.5. The molecule has 0 fully saturated rings. The number of carbonyl (C=O) groups excluding carboxylic acids is 2. The number of anilines is 1. The molecule has 0 aromatic heterocycles. The van der Waals surface area contributed by atoms with Gasteiger partial charge in [0, 0.05) is 12.2 Å². The second kappa shape index (κ2) is 8.72. The van der Waals surface area contributed by atoms with Gasteiger partial charge in [-0.2, -0.15) is 0 Å². The van der Waals surface area contributed by atoms with Crippen LogP contribution < -0.4 is 4.90 Å². The maximum absolute atomic E-state index is 12.0. The number of rotatable bonds is 7. The highest BCUT2D eigenvalue weighted by Gasteiger charge is 2.11. The van der Waals surface area contributed by atoms with E-state index in [0.717, 1.165) is 12.2 Å². The minimum Gasteiger partial charge on any atom is -0.465 e. The van der Waals surface area contributed by atoms with Crippen LogP contribution in [0.25, 0.3) is 0 Å². The van der Waals surface area contributed by atoms with Gasteiger partial charge in [0.1, 0.15) is 6.61 Å². The monoisotopic (exact) mass is 327 g/mol. The van der Waals surface area contributed by atoms with Gasteiger partial charge >= 0.3 is 11.9 Å². The van der Waals surface area contributed by atoms with Crippen LogP contribution in [-0.2, 0) is 9.47 Å². The number of methoxy groups -OCH3 is 1. The number of para-hydroxylation sites is 1. The SMILES string of the molecule is CCN(CCOC(=O)c1ccc(C(=O)OC)cc1)c1ccccc1. The van der Waals surface area contributed by atoms with Crippen LogP contribution in [0.1, 0.15) is 27.6 Å². The Morgan fingerprint density at radius 3 is 2.04 bits per heavy atom. The molecule has 0 heterocycles. The van der Waals surface area contributed by atoms with Gasteiger partial charge < -0.3 is 14.4 Å². The summed E-state index contributed by atoms with van der Waals surface area (Å²) in [5.41, 5.74) is 1.90. The Morgan fingerprint density at radius 1 is 0.917 bits per heavy atom. The molecule has 2 rings (SSSR count). The van der Waals surface area contributed by atoms with E-state index in [0.29, 0.717) is 24.3 Å². The summed E-state index contributed by atoms with van der Waals surface area (Å²) in [5.74, 6) is -0.841. The molecule has 0 bridgehead atoms. The third-order valence-electron chi connectivity index (χ3n) is 3.64. The summed E-state index contributed by atoms with van der Waals surface area (Å²) in [6.45, 7) is 3.79. The van der Waals surface area contributed by atoms with Crippen LogP contribution in [0.3, 0.4) is 0 Å². The lowest BCUT2D eigenvalue weighted by Crippen LogP contribution is -2.27. The summed E-state index contributed by atoms with van der Waals surface area (Å²) in [4.78, 5) is 25.5. The van der Waals surface area contributed by atoms with Crippen molar-refractivity contribution in [2.45, 2.75) is 6.92 Å². The van der Waals surface area contributed by atoms with Crippen molar-refractivity contribution in [2.24, 2.45) is 0 Å². The molecule has 0 saturated heterocycles. The molecule has 0 saturated carbocycles. The maximum Gasteiger partial charge on any atom is 0.338 e. The van der Waals surface area contributed by atoms with Crippen molar-refractivity contribution in [2.75, 3.05) is 31.7 Å². The van der Waals surface area contributed by atoms with Gasteiger partial charge in [0.25, 0.3) is 0 Å².